The Hall–Kier alpha value is -3.48. The number of carbonyl (C=O) groups excluding carboxylic acids is 3. The van der Waals surface area contributed by atoms with Crippen molar-refractivity contribution in [1.29, 1.82) is 0 Å². The molecule has 1 saturated carbocycles. The van der Waals surface area contributed by atoms with Gasteiger partial charge in [-0.25, -0.2) is 22.8 Å². The van der Waals surface area contributed by atoms with E-state index >= 15 is 0 Å². The smallest absolute Gasteiger partial charge is 0.312 e. The van der Waals surface area contributed by atoms with E-state index in [4.69, 9.17) is 0 Å². The molecule has 2 fully saturated rings. The minimum absolute atomic E-state index is 0.0257. The number of fused-ring (bicyclic) bond motifs is 1. The summed E-state index contributed by atoms with van der Waals surface area (Å²) >= 11 is 0. The Balaban J connectivity index is 1.87. The lowest BCUT2D eigenvalue weighted by Crippen LogP contribution is -2.59. The lowest BCUT2D eigenvalue weighted by molar-refractivity contribution is -0.115. The van der Waals surface area contributed by atoms with Crippen molar-refractivity contribution in [2.75, 3.05) is 12.4 Å². The van der Waals surface area contributed by atoms with E-state index in [0.717, 1.165) is 36.0 Å². The molecule has 1 aromatic carbocycles. The van der Waals surface area contributed by atoms with Crippen molar-refractivity contribution in [3.05, 3.63) is 34.8 Å². The van der Waals surface area contributed by atoms with Gasteiger partial charge in [0, 0.05) is 36.7 Å². The Morgan fingerprint density at radius 2 is 1.93 bits per heavy atom. The summed E-state index contributed by atoms with van der Waals surface area (Å²) in [6.45, 7) is 0.612. The first kappa shape index (κ1) is 19.8. The summed E-state index contributed by atoms with van der Waals surface area (Å²) in [7, 11) is 1.32. The van der Waals surface area contributed by atoms with Crippen LogP contribution in [0.3, 0.4) is 0 Å². The third-order valence-corrected chi connectivity index (χ3v) is 5.20. The number of anilines is 1. The molecule has 2 heterocycles. The molecule has 30 heavy (non-hydrogen) atoms. The molecule has 4 rings (SSSR count). The highest BCUT2D eigenvalue weighted by atomic mass is 19.3. The Labute approximate surface area is 169 Å². The maximum absolute atomic E-state index is 14.9. The minimum atomic E-state index is -3.52. The van der Waals surface area contributed by atoms with Crippen LogP contribution in [0, 0.1) is 23.6 Å². The standard InChI is InChI=1S/C20H17F3N4O3/c1-19(22,23)20(6-5-10-3-4-10)12-9-13(21)11(7-14(12)24-17(29)26-20)8-15-16(28)25-18(30)27(15)2/h7-10H,3-4H2,1-2H3,(H2,24,26,29)(H,25,28,30)/b15-8+/t20-/m0/s1. The molecule has 0 bridgehead atoms. The van der Waals surface area contributed by atoms with Crippen molar-refractivity contribution in [2.45, 2.75) is 31.2 Å². The number of imide groups is 1. The van der Waals surface area contributed by atoms with Gasteiger partial charge >= 0.3 is 12.1 Å². The van der Waals surface area contributed by atoms with Crippen molar-refractivity contribution in [1.82, 2.24) is 15.5 Å². The number of amides is 5. The van der Waals surface area contributed by atoms with Crippen molar-refractivity contribution in [2.24, 2.45) is 5.92 Å². The minimum Gasteiger partial charge on any atom is -0.312 e. The van der Waals surface area contributed by atoms with Gasteiger partial charge in [0.25, 0.3) is 11.8 Å². The van der Waals surface area contributed by atoms with Gasteiger partial charge < -0.3 is 10.6 Å². The van der Waals surface area contributed by atoms with Crippen molar-refractivity contribution in [3.63, 3.8) is 0 Å². The van der Waals surface area contributed by atoms with Crippen molar-refractivity contribution >= 4 is 29.7 Å². The van der Waals surface area contributed by atoms with Gasteiger partial charge in [0.1, 0.15) is 11.5 Å². The van der Waals surface area contributed by atoms with Crippen LogP contribution in [0.1, 0.15) is 30.9 Å². The number of hydrogen-bond acceptors (Lipinski definition) is 3. The topological polar surface area (TPSA) is 90.5 Å². The predicted molar refractivity (Wildman–Crippen MR) is 101 cm³/mol. The first-order valence-electron chi connectivity index (χ1n) is 9.16. The molecular weight excluding hydrogens is 401 g/mol. The number of carbonyl (C=O) groups is 3. The second-order valence-electron chi connectivity index (χ2n) is 7.53. The molecule has 1 saturated heterocycles. The second-order valence-corrected chi connectivity index (χ2v) is 7.53. The lowest BCUT2D eigenvalue weighted by Gasteiger charge is -2.40. The van der Waals surface area contributed by atoms with Crippen LogP contribution in [0.4, 0.5) is 28.4 Å². The highest BCUT2D eigenvalue weighted by molar-refractivity contribution is 6.13. The molecule has 0 aromatic heterocycles. The van der Waals surface area contributed by atoms with Crippen LogP contribution < -0.4 is 16.0 Å². The average Bonchev–Trinajstić information content (AvgIpc) is 3.43. The predicted octanol–water partition coefficient (Wildman–Crippen LogP) is 2.75. The number of nitrogens with one attached hydrogen (secondary N) is 3. The highest BCUT2D eigenvalue weighted by Gasteiger charge is 2.55. The SMILES string of the molecule is CN1C(=O)NC(=O)/C1=C\c1cc2c(cc1F)[C@@](C#CC1CC1)(C(C)(F)F)NC(=O)N2. The lowest BCUT2D eigenvalue weighted by atomic mass is 9.81. The highest BCUT2D eigenvalue weighted by Crippen LogP contribution is 2.44. The quantitative estimate of drug-likeness (QED) is 0.392. The van der Waals surface area contributed by atoms with Crippen LogP contribution in [0.2, 0.25) is 0 Å². The van der Waals surface area contributed by atoms with Gasteiger partial charge in [-0.2, -0.15) is 0 Å². The fraction of sp³-hybridized carbons (Fsp3) is 0.350. The molecule has 2 aliphatic heterocycles. The van der Waals surface area contributed by atoms with E-state index < -0.39 is 35.2 Å². The number of hydrogen-bond donors (Lipinski definition) is 3. The van der Waals surface area contributed by atoms with Gasteiger partial charge in [0.15, 0.2) is 5.54 Å². The van der Waals surface area contributed by atoms with Gasteiger partial charge in [-0.3, -0.25) is 15.0 Å². The molecule has 5 amide bonds. The fourth-order valence-corrected chi connectivity index (χ4v) is 3.31. The van der Waals surface area contributed by atoms with E-state index in [1.165, 1.54) is 7.05 Å². The summed E-state index contributed by atoms with van der Waals surface area (Å²) in [5.41, 5.74) is -2.98. The Bertz CT molecular complexity index is 1080. The molecule has 3 aliphatic rings. The van der Waals surface area contributed by atoms with Crippen LogP contribution in [0.25, 0.3) is 6.08 Å². The van der Waals surface area contributed by atoms with Crippen molar-refractivity contribution in [3.8, 4) is 11.8 Å². The summed E-state index contributed by atoms with van der Waals surface area (Å²) in [5.74, 6) is 0.0431. The van der Waals surface area contributed by atoms with E-state index in [0.29, 0.717) is 6.92 Å². The van der Waals surface area contributed by atoms with E-state index in [9.17, 15) is 27.6 Å². The third kappa shape index (κ3) is 3.16. The Morgan fingerprint density at radius 1 is 1.23 bits per heavy atom. The molecular formula is C20H17F3N4O3. The summed E-state index contributed by atoms with van der Waals surface area (Å²) < 4.78 is 44.3. The first-order valence-corrected chi connectivity index (χ1v) is 9.16. The molecule has 1 aromatic rings. The van der Waals surface area contributed by atoms with Crippen LogP contribution in [0.15, 0.2) is 17.8 Å². The number of halogens is 3. The van der Waals surface area contributed by atoms with Crippen molar-refractivity contribution < 1.29 is 27.6 Å². The van der Waals surface area contributed by atoms with Gasteiger partial charge in [-0.05, 0) is 31.1 Å². The molecule has 1 atom stereocenters. The van der Waals surface area contributed by atoms with E-state index in [-0.39, 0.29) is 28.4 Å². The number of likely N-dealkylation sites (N-methyl/N-ethyl adjacent to an activating group) is 1. The largest absolute Gasteiger partial charge is 0.328 e. The summed E-state index contributed by atoms with van der Waals surface area (Å²) in [5, 5.41) is 6.61. The Kier molecular flexibility index (Phi) is 4.31. The van der Waals surface area contributed by atoms with E-state index in [2.05, 4.69) is 27.8 Å². The molecule has 10 heteroatoms. The zero-order valence-corrected chi connectivity index (χ0v) is 16.0. The molecule has 7 nitrogen and oxygen atoms in total. The maximum atomic E-state index is 14.9. The van der Waals surface area contributed by atoms with Gasteiger partial charge in [0.2, 0.25) is 0 Å². The number of urea groups is 2. The molecule has 0 radical (unpaired) electrons. The molecule has 156 valence electrons. The average molecular weight is 418 g/mol. The van der Waals surface area contributed by atoms with Crippen LogP contribution >= 0.6 is 0 Å². The third-order valence-electron chi connectivity index (χ3n) is 5.20. The van der Waals surface area contributed by atoms with Crippen LogP contribution in [0.5, 0.6) is 0 Å². The summed E-state index contributed by atoms with van der Waals surface area (Å²) in [6.07, 6.45) is 2.67. The number of benzene rings is 1. The zero-order chi connectivity index (χ0) is 21.8. The second kappa shape index (κ2) is 6.52. The molecule has 3 N–H and O–H groups in total. The monoisotopic (exact) mass is 418 g/mol. The summed E-state index contributed by atoms with van der Waals surface area (Å²) in [6, 6.07) is 0.411. The fourth-order valence-electron chi connectivity index (χ4n) is 3.31. The zero-order valence-electron chi connectivity index (χ0n) is 16.0. The number of alkyl halides is 2. The maximum Gasteiger partial charge on any atom is 0.328 e. The number of rotatable bonds is 2. The summed E-state index contributed by atoms with van der Waals surface area (Å²) in [4.78, 5) is 36.6. The Morgan fingerprint density at radius 3 is 2.50 bits per heavy atom. The normalized spacial score (nSPS) is 24.6. The van der Waals surface area contributed by atoms with E-state index in [1.807, 2.05) is 0 Å². The molecule has 0 spiro atoms. The van der Waals surface area contributed by atoms with Gasteiger partial charge in [-0.1, -0.05) is 11.8 Å². The van der Waals surface area contributed by atoms with Gasteiger partial charge in [-0.15, -0.1) is 0 Å². The van der Waals surface area contributed by atoms with Crippen LogP contribution in [-0.2, 0) is 10.3 Å². The number of nitrogens with zero attached hydrogens (tertiary/aromatic N) is 1. The first-order chi connectivity index (χ1) is 14.0. The van der Waals surface area contributed by atoms with Gasteiger partial charge in [0.05, 0.1) is 0 Å². The molecule has 1 aliphatic carbocycles. The van der Waals surface area contributed by atoms with Crippen LogP contribution in [-0.4, -0.2) is 35.8 Å². The molecule has 0 unspecified atom stereocenters. The van der Waals surface area contributed by atoms with E-state index in [1.54, 1.807) is 0 Å².